The fourth-order valence-corrected chi connectivity index (χ4v) is 3.81. The molecule has 2 rings (SSSR count). The molecule has 0 aromatic carbocycles. The molecule has 1 fully saturated rings. The van der Waals surface area contributed by atoms with Crippen molar-refractivity contribution in [1.82, 2.24) is 10.2 Å². The van der Waals surface area contributed by atoms with E-state index >= 15 is 0 Å². The Bertz CT molecular complexity index is 529. The van der Waals surface area contributed by atoms with Gasteiger partial charge in [0.2, 0.25) is 0 Å². The van der Waals surface area contributed by atoms with E-state index < -0.39 is 12.0 Å². The summed E-state index contributed by atoms with van der Waals surface area (Å²) in [6.07, 6.45) is 1.51. The first kappa shape index (κ1) is 15.8. The van der Waals surface area contributed by atoms with Crippen molar-refractivity contribution in [2.24, 2.45) is 5.92 Å². The van der Waals surface area contributed by atoms with Gasteiger partial charge in [-0.3, -0.25) is 0 Å². The van der Waals surface area contributed by atoms with E-state index in [2.05, 4.69) is 24.4 Å². The number of carboxylic acid groups (broad SMARTS) is 1. The van der Waals surface area contributed by atoms with Gasteiger partial charge in [0.15, 0.2) is 0 Å². The number of nitrogens with zero attached hydrogens (tertiary/aromatic N) is 1. The van der Waals surface area contributed by atoms with Crippen LogP contribution in [0.4, 0.5) is 4.79 Å². The molecule has 5 nitrogen and oxygen atoms in total. The predicted octanol–water partition coefficient (Wildman–Crippen LogP) is 2.49. The van der Waals surface area contributed by atoms with Crippen LogP contribution in [0, 0.1) is 12.8 Å². The van der Waals surface area contributed by atoms with Gasteiger partial charge in [-0.25, -0.2) is 9.59 Å². The highest BCUT2D eigenvalue weighted by molar-refractivity contribution is 7.11. The van der Waals surface area contributed by atoms with E-state index in [4.69, 9.17) is 0 Å². The lowest BCUT2D eigenvalue weighted by molar-refractivity contribution is -0.142. The van der Waals surface area contributed by atoms with Crippen LogP contribution < -0.4 is 5.32 Å². The fraction of sp³-hybridized carbons (Fsp3) is 0.600. The lowest BCUT2D eigenvalue weighted by atomic mass is 10.0. The molecule has 3 atom stereocenters. The molecule has 0 saturated carbocycles. The number of carbonyl (C=O) groups is 2. The number of thiophene rings is 1. The number of aliphatic carboxylic acids is 1. The highest BCUT2D eigenvalue weighted by atomic mass is 32.1. The van der Waals surface area contributed by atoms with E-state index in [-0.39, 0.29) is 18.0 Å². The van der Waals surface area contributed by atoms with Gasteiger partial charge in [-0.1, -0.05) is 6.92 Å². The van der Waals surface area contributed by atoms with Crippen molar-refractivity contribution in [3.8, 4) is 0 Å². The molecule has 6 heteroatoms. The summed E-state index contributed by atoms with van der Waals surface area (Å²) in [5.41, 5.74) is 0. The molecule has 21 heavy (non-hydrogen) atoms. The molecule has 1 aromatic rings. The Balaban J connectivity index is 1.93. The molecular formula is C15H22N2O3S. The number of likely N-dealkylation sites (tertiary alicyclic amines) is 1. The Kier molecular flexibility index (Phi) is 4.88. The molecule has 3 unspecified atom stereocenters. The molecule has 0 aliphatic carbocycles. The number of nitrogens with one attached hydrogen (secondary N) is 1. The first-order valence-corrected chi connectivity index (χ1v) is 8.05. The Labute approximate surface area is 129 Å². The normalized spacial score (nSPS) is 23.1. The van der Waals surface area contributed by atoms with Gasteiger partial charge >= 0.3 is 12.0 Å². The Hall–Kier alpha value is -1.56. The zero-order valence-corrected chi connectivity index (χ0v) is 13.4. The van der Waals surface area contributed by atoms with E-state index in [0.29, 0.717) is 6.54 Å². The lowest BCUT2D eigenvalue weighted by Gasteiger charge is -2.25. The SMILES string of the molecule is Cc1ccc(CC(C)NC(=O)N2CCC(C)C2C(=O)O)s1. The zero-order chi connectivity index (χ0) is 15.6. The number of carbonyl (C=O) groups excluding carboxylic acids is 1. The third-order valence-electron chi connectivity index (χ3n) is 3.89. The number of urea groups is 1. The van der Waals surface area contributed by atoms with Crippen LogP contribution in [-0.4, -0.2) is 40.6 Å². The van der Waals surface area contributed by atoms with E-state index in [0.717, 1.165) is 12.8 Å². The zero-order valence-electron chi connectivity index (χ0n) is 12.6. The summed E-state index contributed by atoms with van der Waals surface area (Å²) in [4.78, 5) is 27.5. The summed E-state index contributed by atoms with van der Waals surface area (Å²) in [5, 5.41) is 12.2. The molecule has 2 amide bonds. The van der Waals surface area contributed by atoms with Crippen molar-refractivity contribution in [3.05, 3.63) is 21.9 Å². The minimum atomic E-state index is -0.920. The maximum atomic E-state index is 12.3. The van der Waals surface area contributed by atoms with E-state index in [9.17, 15) is 14.7 Å². The van der Waals surface area contributed by atoms with Crippen molar-refractivity contribution in [2.45, 2.75) is 45.7 Å². The summed E-state index contributed by atoms with van der Waals surface area (Å²) in [6.45, 7) is 6.39. The van der Waals surface area contributed by atoms with Crippen LogP contribution in [0.3, 0.4) is 0 Å². The summed E-state index contributed by atoms with van der Waals surface area (Å²) in [5.74, 6) is -0.916. The highest BCUT2D eigenvalue weighted by Crippen LogP contribution is 2.24. The van der Waals surface area contributed by atoms with Crippen LogP contribution in [0.25, 0.3) is 0 Å². The monoisotopic (exact) mass is 310 g/mol. The van der Waals surface area contributed by atoms with Crippen LogP contribution in [-0.2, 0) is 11.2 Å². The molecule has 0 bridgehead atoms. The van der Waals surface area contributed by atoms with E-state index in [1.54, 1.807) is 11.3 Å². The fourth-order valence-electron chi connectivity index (χ4n) is 2.79. The molecule has 116 valence electrons. The quantitative estimate of drug-likeness (QED) is 0.897. The highest BCUT2D eigenvalue weighted by Gasteiger charge is 2.39. The summed E-state index contributed by atoms with van der Waals surface area (Å²) in [7, 11) is 0. The predicted molar refractivity (Wildman–Crippen MR) is 82.7 cm³/mol. The molecule has 2 N–H and O–H groups in total. The first-order chi connectivity index (χ1) is 9.88. The minimum Gasteiger partial charge on any atom is -0.480 e. The van der Waals surface area contributed by atoms with Crippen molar-refractivity contribution in [1.29, 1.82) is 0 Å². The van der Waals surface area contributed by atoms with Crippen molar-refractivity contribution < 1.29 is 14.7 Å². The van der Waals surface area contributed by atoms with Gasteiger partial charge < -0.3 is 15.3 Å². The largest absolute Gasteiger partial charge is 0.480 e. The lowest BCUT2D eigenvalue weighted by Crippen LogP contribution is -2.50. The minimum absolute atomic E-state index is 0.00324. The van der Waals surface area contributed by atoms with Crippen LogP contribution in [0.5, 0.6) is 0 Å². The molecule has 1 aliphatic heterocycles. The van der Waals surface area contributed by atoms with Gasteiger partial charge in [0.1, 0.15) is 6.04 Å². The second-order valence-electron chi connectivity index (χ2n) is 5.81. The molecule has 0 radical (unpaired) electrons. The van der Waals surface area contributed by atoms with Crippen LogP contribution in [0.15, 0.2) is 12.1 Å². The third kappa shape index (κ3) is 3.75. The van der Waals surface area contributed by atoms with Gasteiger partial charge in [0.25, 0.3) is 0 Å². The van der Waals surface area contributed by atoms with Gasteiger partial charge in [-0.05, 0) is 38.3 Å². The standard InChI is InChI=1S/C15H22N2O3S/c1-9-6-7-17(13(9)14(18)19)15(20)16-10(2)8-12-5-4-11(3)21-12/h4-5,9-10,13H,6-8H2,1-3H3,(H,16,20)(H,18,19). The first-order valence-electron chi connectivity index (χ1n) is 7.23. The number of amides is 2. The van der Waals surface area contributed by atoms with Crippen LogP contribution >= 0.6 is 11.3 Å². The van der Waals surface area contributed by atoms with Gasteiger partial charge in [0.05, 0.1) is 0 Å². The number of aryl methyl sites for hydroxylation is 1. The van der Waals surface area contributed by atoms with Crippen molar-refractivity contribution >= 4 is 23.3 Å². The maximum Gasteiger partial charge on any atom is 0.326 e. The van der Waals surface area contributed by atoms with Gasteiger partial charge in [-0.2, -0.15) is 0 Å². The Morgan fingerprint density at radius 1 is 1.52 bits per heavy atom. The number of rotatable bonds is 4. The summed E-state index contributed by atoms with van der Waals surface area (Å²) >= 11 is 1.72. The third-order valence-corrected chi connectivity index (χ3v) is 4.91. The summed E-state index contributed by atoms with van der Waals surface area (Å²) < 4.78 is 0. The molecule has 1 aliphatic rings. The van der Waals surface area contributed by atoms with Gasteiger partial charge in [-0.15, -0.1) is 11.3 Å². The molecule has 2 heterocycles. The molecule has 1 saturated heterocycles. The van der Waals surface area contributed by atoms with E-state index in [1.807, 2.05) is 13.8 Å². The second-order valence-corrected chi connectivity index (χ2v) is 7.18. The molecular weight excluding hydrogens is 288 g/mol. The molecule has 1 aromatic heterocycles. The van der Waals surface area contributed by atoms with Crippen molar-refractivity contribution in [2.75, 3.05) is 6.54 Å². The second kappa shape index (κ2) is 6.47. The Morgan fingerprint density at radius 3 is 2.81 bits per heavy atom. The number of hydrogen-bond acceptors (Lipinski definition) is 3. The average Bonchev–Trinajstić information content (AvgIpc) is 2.95. The van der Waals surface area contributed by atoms with Gasteiger partial charge in [0, 0.05) is 28.8 Å². The molecule has 0 spiro atoms. The van der Waals surface area contributed by atoms with Crippen LogP contribution in [0.2, 0.25) is 0 Å². The number of hydrogen-bond donors (Lipinski definition) is 2. The maximum absolute atomic E-state index is 12.3. The summed E-state index contributed by atoms with van der Waals surface area (Å²) in [6, 6.07) is 3.15. The average molecular weight is 310 g/mol. The number of carboxylic acids is 1. The Morgan fingerprint density at radius 2 is 2.24 bits per heavy atom. The smallest absolute Gasteiger partial charge is 0.326 e. The topological polar surface area (TPSA) is 69.6 Å². The van der Waals surface area contributed by atoms with Crippen LogP contribution in [0.1, 0.15) is 30.0 Å². The van der Waals surface area contributed by atoms with Crippen molar-refractivity contribution in [3.63, 3.8) is 0 Å². The van der Waals surface area contributed by atoms with E-state index in [1.165, 1.54) is 14.7 Å².